The average molecular weight is 414 g/mol. The minimum Gasteiger partial charge on any atom is -0.493 e. The molecule has 0 saturated heterocycles. The third kappa shape index (κ3) is 3.40. The maximum atomic E-state index is 5.87. The summed E-state index contributed by atoms with van der Waals surface area (Å²) in [6, 6.07) is 3.99. The zero-order valence-corrected chi connectivity index (χ0v) is 18.8. The van der Waals surface area contributed by atoms with E-state index in [2.05, 4.69) is 13.5 Å². The Morgan fingerprint density at radius 3 is 1.53 bits per heavy atom. The normalized spacial score (nSPS) is 15.3. The van der Waals surface area contributed by atoms with Crippen LogP contribution in [0.25, 0.3) is 11.1 Å². The number of fused-ring (bicyclic) bond motifs is 3. The number of methoxy groups -OCH3 is 6. The first-order valence-electron chi connectivity index (χ1n) is 9.77. The third-order valence-electron chi connectivity index (χ3n) is 5.71. The van der Waals surface area contributed by atoms with Crippen molar-refractivity contribution in [1.82, 2.24) is 0 Å². The molecule has 1 aliphatic rings. The summed E-state index contributed by atoms with van der Waals surface area (Å²) < 4.78 is 34.3. The zero-order chi connectivity index (χ0) is 22.0. The van der Waals surface area contributed by atoms with Crippen molar-refractivity contribution in [2.24, 2.45) is 5.92 Å². The lowest BCUT2D eigenvalue weighted by molar-refractivity contribution is 0.321. The minimum atomic E-state index is 0.263. The van der Waals surface area contributed by atoms with E-state index in [-0.39, 0.29) is 5.92 Å². The van der Waals surface area contributed by atoms with E-state index in [0.717, 1.165) is 34.2 Å². The van der Waals surface area contributed by atoms with Gasteiger partial charge >= 0.3 is 0 Å². The molecule has 0 fully saturated rings. The molecule has 6 heteroatoms. The highest BCUT2D eigenvalue weighted by Gasteiger charge is 2.32. The highest BCUT2D eigenvalue weighted by Crippen LogP contribution is 2.55. The molecule has 0 amide bonds. The van der Waals surface area contributed by atoms with Crippen LogP contribution in [-0.4, -0.2) is 42.7 Å². The second-order valence-corrected chi connectivity index (χ2v) is 7.30. The summed E-state index contributed by atoms with van der Waals surface area (Å²) in [7, 11) is 9.70. The van der Waals surface area contributed by atoms with Crippen molar-refractivity contribution in [3.63, 3.8) is 0 Å². The smallest absolute Gasteiger partial charge is 0.203 e. The fourth-order valence-electron chi connectivity index (χ4n) is 4.16. The van der Waals surface area contributed by atoms with Gasteiger partial charge in [-0.25, -0.2) is 0 Å². The van der Waals surface area contributed by atoms with Gasteiger partial charge in [0.2, 0.25) is 11.5 Å². The minimum absolute atomic E-state index is 0.263. The predicted molar refractivity (Wildman–Crippen MR) is 117 cm³/mol. The number of hydrogen-bond donors (Lipinski definition) is 0. The summed E-state index contributed by atoms with van der Waals surface area (Å²) in [5.41, 5.74) is 5.00. The molecule has 0 spiro atoms. The molecule has 1 atom stereocenters. The topological polar surface area (TPSA) is 55.4 Å². The molecule has 162 valence electrons. The molecule has 0 heterocycles. The summed E-state index contributed by atoms with van der Waals surface area (Å²) in [6.07, 6.45) is 1.46. The van der Waals surface area contributed by atoms with E-state index in [4.69, 9.17) is 28.4 Å². The molecule has 0 N–H and O–H groups in total. The maximum absolute atomic E-state index is 5.87. The summed E-state index contributed by atoms with van der Waals surface area (Å²) in [5.74, 6) is 3.73. The van der Waals surface area contributed by atoms with Crippen LogP contribution in [0.2, 0.25) is 0 Å². The molecule has 2 aromatic rings. The highest BCUT2D eigenvalue weighted by molar-refractivity contribution is 5.88. The van der Waals surface area contributed by atoms with Crippen molar-refractivity contribution < 1.29 is 28.4 Å². The first-order chi connectivity index (χ1) is 14.4. The van der Waals surface area contributed by atoms with E-state index in [1.54, 1.807) is 42.7 Å². The Kier molecular flexibility index (Phi) is 6.34. The van der Waals surface area contributed by atoms with E-state index in [1.807, 2.05) is 12.1 Å². The summed E-state index contributed by atoms with van der Waals surface area (Å²) >= 11 is 0. The molecule has 2 aromatic carbocycles. The van der Waals surface area contributed by atoms with Gasteiger partial charge in [0.15, 0.2) is 23.0 Å². The van der Waals surface area contributed by atoms with Gasteiger partial charge in [0.1, 0.15) is 0 Å². The van der Waals surface area contributed by atoms with E-state index < -0.39 is 0 Å². The lowest BCUT2D eigenvalue weighted by Crippen LogP contribution is -2.13. The Bertz CT molecular complexity index is 963. The highest BCUT2D eigenvalue weighted by atomic mass is 16.5. The molecule has 30 heavy (non-hydrogen) atoms. The summed E-state index contributed by atoms with van der Waals surface area (Å²) in [6.45, 7) is 6.52. The second-order valence-electron chi connectivity index (χ2n) is 7.30. The van der Waals surface area contributed by atoms with E-state index in [9.17, 15) is 0 Å². The van der Waals surface area contributed by atoms with Crippen molar-refractivity contribution in [1.29, 1.82) is 0 Å². The second kappa shape index (κ2) is 8.78. The van der Waals surface area contributed by atoms with Gasteiger partial charge in [0.05, 0.1) is 42.7 Å². The predicted octanol–water partition coefficient (Wildman–Crippen LogP) is 4.70. The lowest BCUT2D eigenvalue weighted by Gasteiger charge is -2.29. The molecule has 0 aromatic heterocycles. The molecule has 1 aliphatic carbocycles. The lowest BCUT2D eigenvalue weighted by atomic mass is 9.80. The van der Waals surface area contributed by atoms with Gasteiger partial charge in [0, 0.05) is 11.1 Å². The first-order valence-corrected chi connectivity index (χ1v) is 9.77. The number of allylic oxidation sites excluding steroid dienone is 1. The molecule has 6 nitrogen and oxygen atoms in total. The van der Waals surface area contributed by atoms with Crippen molar-refractivity contribution in [2.45, 2.75) is 19.8 Å². The number of benzene rings is 2. The first kappa shape index (κ1) is 21.7. The number of hydrogen-bond acceptors (Lipinski definition) is 6. The van der Waals surface area contributed by atoms with Gasteiger partial charge < -0.3 is 28.4 Å². The van der Waals surface area contributed by atoms with Crippen LogP contribution >= 0.6 is 0 Å². The molecule has 0 unspecified atom stereocenters. The van der Waals surface area contributed by atoms with E-state index in [0.29, 0.717) is 40.9 Å². The van der Waals surface area contributed by atoms with Crippen molar-refractivity contribution in [3.05, 3.63) is 35.4 Å². The fraction of sp³-hybridized carbons (Fsp3) is 0.417. The van der Waals surface area contributed by atoms with Gasteiger partial charge in [-0.3, -0.25) is 0 Å². The average Bonchev–Trinajstić information content (AvgIpc) is 2.76. The fourth-order valence-corrected chi connectivity index (χ4v) is 4.16. The molecule has 0 radical (unpaired) electrons. The summed E-state index contributed by atoms with van der Waals surface area (Å²) in [4.78, 5) is 0. The number of rotatable bonds is 6. The van der Waals surface area contributed by atoms with Gasteiger partial charge in [-0.2, -0.15) is 0 Å². The van der Waals surface area contributed by atoms with Crippen molar-refractivity contribution in [3.8, 4) is 45.6 Å². The molecular weight excluding hydrogens is 384 g/mol. The van der Waals surface area contributed by atoms with Crippen LogP contribution in [-0.2, 0) is 12.8 Å². The largest absolute Gasteiger partial charge is 0.493 e. The van der Waals surface area contributed by atoms with Crippen LogP contribution in [0, 0.1) is 5.92 Å². The maximum Gasteiger partial charge on any atom is 0.203 e. The van der Waals surface area contributed by atoms with E-state index >= 15 is 0 Å². The Hall–Kier alpha value is -3.02. The summed E-state index contributed by atoms with van der Waals surface area (Å²) in [5, 5.41) is 0. The van der Waals surface area contributed by atoms with Crippen LogP contribution < -0.4 is 28.4 Å². The van der Waals surface area contributed by atoms with Gasteiger partial charge in [-0.05, 0) is 42.0 Å². The standard InChI is InChI=1S/C24H30O6/c1-13-9-15-11-17(25-3)21(27-5)23(29-7)19(15)20-16(10-14(13)2)12-18(26-4)22(28-6)24(20)30-8/h11-12,14H,1,9-10H2,2-8H3/t14-/m0/s1. The number of ether oxygens (including phenoxy) is 6. The van der Waals surface area contributed by atoms with Crippen LogP contribution in [0.1, 0.15) is 18.1 Å². The van der Waals surface area contributed by atoms with Crippen LogP contribution in [0.5, 0.6) is 34.5 Å². The Balaban J connectivity index is 2.53. The van der Waals surface area contributed by atoms with Gasteiger partial charge in [-0.1, -0.05) is 19.1 Å². The van der Waals surface area contributed by atoms with E-state index in [1.165, 1.54) is 0 Å². The van der Waals surface area contributed by atoms with Crippen molar-refractivity contribution >= 4 is 0 Å². The monoisotopic (exact) mass is 414 g/mol. The molecule has 0 bridgehead atoms. The quantitative estimate of drug-likeness (QED) is 0.639. The van der Waals surface area contributed by atoms with Gasteiger partial charge in [-0.15, -0.1) is 0 Å². The Morgan fingerprint density at radius 1 is 0.667 bits per heavy atom. The zero-order valence-electron chi connectivity index (χ0n) is 18.8. The third-order valence-corrected chi connectivity index (χ3v) is 5.71. The Labute approximate surface area is 178 Å². The molecule has 0 saturated carbocycles. The van der Waals surface area contributed by atoms with Crippen LogP contribution in [0.4, 0.5) is 0 Å². The van der Waals surface area contributed by atoms with Gasteiger partial charge in [0.25, 0.3) is 0 Å². The van der Waals surface area contributed by atoms with Crippen molar-refractivity contribution in [2.75, 3.05) is 42.7 Å². The van der Waals surface area contributed by atoms with Crippen LogP contribution in [0.3, 0.4) is 0 Å². The molecule has 3 rings (SSSR count). The SMILES string of the molecule is C=C1Cc2cc(OC)c(OC)c(OC)c2-c2c(cc(OC)c(OC)c2OC)C[C@@H]1C. The van der Waals surface area contributed by atoms with Crippen LogP contribution in [0.15, 0.2) is 24.3 Å². The molecular formula is C24H30O6. The Morgan fingerprint density at radius 2 is 1.10 bits per heavy atom. The molecule has 0 aliphatic heterocycles.